The number of carbonyl (C=O) groups is 1. The van der Waals surface area contributed by atoms with Gasteiger partial charge in [-0.25, -0.2) is 0 Å². The highest BCUT2D eigenvalue weighted by atomic mass is 19.4. The maximum Gasteiger partial charge on any atom is 0.419 e. The molecule has 2 rings (SSSR count). The lowest BCUT2D eigenvalue weighted by Gasteiger charge is -2.16. The predicted octanol–water partition coefficient (Wildman–Crippen LogP) is 4.55. The minimum absolute atomic E-state index is 0.0226. The third-order valence-electron chi connectivity index (χ3n) is 3.55. The van der Waals surface area contributed by atoms with E-state index >= 15 is 0 Å². The highest BCUT2D eigenvalue weighted by Gasteiger charge is 2.35. The van der Waals surface area contributed by atoms with Gasteiger partial charge < -0.3 is 9.84 Å². The van der Waals surface area contributed by atoms with Gasteiger partial charge in [-0.3, -0.25) is 4.79 Å². The molecule has 0 heterocycles. The molecule has 0 fully saturated rings. The zero-order chi connectivity index (χ0) is 17.7. The fourth-order valence-electron chi connectivity index (χ4n) is 2.23. The molecule has 0 radical (unpaired) electrons. The summed E-state index contributed by atoms with van der Waals surface area (Å²) in [6.07, 6.45) is -4.55. The summed E-state index contributed by atoms with van der Waals surface area (Å²) in [7, 11) is 0. The van der Waals surface area contributed by atoms with Gasteiger partial charge in [0.15, 0.2) is 0 Å². The molecule has 0 spiro atoms. The molecule has 128 valence electrons. The van der Waals surface area contributed by atoms with Crippen LogP contribution in [0, 0.1) is 5.92 Å². The van der Waals surface area contributed by atoms with E-state index in [2.05, 4.69) is 0 Å². The average molecular weight is 338 g/mol. The summed E-state index contributed by atoms with van der Waals surface area (Å²) in [5.74, 6) is -2.08. The van der Waals surface area contributed by atoms with Crippen molar-refractivity contribution in [2.75, 3.05) is 0 Å². The van der Waals surface area contributed by atoms with E-state index in [1.807, 2.05) is 6.07 Å². The zero-order valence-corrected chi connectivity index (χ0v) is 13.0. The van der Waals surface area contributed by atoms with Gasteiger partial charge in [0.05, 0.1) is 11.5 Å². The van der Waals surface area contributed by atoms with Crippen LogP contribution < -0.4 is 4.74 Å². The molecule has 0 aliphatic rings. The first-order chi connectivity index (χ1) is 11.3. The Balaban J connectivity index is 2.22. The lowest BCUT2D eigenvalue weighted by atomic mass is 9.99. The molecule has 0 saturated carbocycles. The van der Waals surface area contributed by atoms with E-state index in [1.54, 1.807) is 24.3 Å². The summed E-state index contributed by atoms with van der Waals surface area (Å²) in [5, 5.41) is 8.89. The van der Waals surface area contributed by atoms with Crippen molar-refractivity contribution < 1.29 is 27.8 Å². The Hall–Kier alpha value is -2.50. The van der Waals surface area contributed by atoms with Crippen LogP contribution in [0.15, 0.2) is 48.5 Å². The summed E-state index contributed by atoms with van der Waals surface area (Å²) in [6.45, 7) is 1.48. The fraction of sp³-hybridized carbons (Fsp3) is 0.278. The third-order valence-corrected chi connectivity index (χ3v) is 3.55. The van der Waals surface area contributed by atoms with E-state index in [9.17, 15) is 18.0 Å². The molecular weight excluding hydrogens is 321 g/mol. The van der Waals surface area contributed by atoms with Crippen LogP contribution in [0.4, 0.5) is 13.2 Å². The third kappa shape index (κ3) is 4.75. The molecule has 0 saturated heterocycles. The number of benzene rings is 2. The average Bonchev–Trinajstić information content (AvgIpc) is 2.53. The van der Waals surface area contributed by atoms with Crippen molar-refractivity contribution in [3.05, 3.63) is 65.2 Å². The van der Waals surface area contributed by atoms with Crippen molar-refractivity contribution in [1.29, 1.82) is 0 Å². The summed E-state index contributed by atoms with van der Waals surface area (Å²) in [5.41, 5.74) is 0.173. The molecule has 0 aromatic heterocycles. The summed E-state index contributed by atoms with van der Waals surface area (Å²) < 4.78 is 45.1. The number of alkyl halides is 3. The molecular formula is C18H17F3O3. The first-order valence-corrected chi connectivity index (χ1v) is 7.37. The van der Waals surface area contributed by atoms with E-state index in [-0.39, 0.29) is 18.8 Å². The second-order valence-corrected chi connectivity index (χ2v) is 5.55. The van der Waals surface area contributed by atoms with E-state index in [4.69, 9.17) is 9.84 Å². The number of carboxylic acid groups (broad SMARTS) is 1. The molecule has 1 N–H and O–H groups in total. The summed E-state index contributed by atoms with van der Waals surface area (Å²) in [6, 6.07) is 12.6. The van der Waals surface area contributed by atoms with Gasteiger partial charge in [-0.1, -0.05) is 43.3 Å². The molecule has 2 aromatic rings. The number of ether oxygens (including phenoxy) is 1. The van der Waals surface area contributed by atoms with Crippen LogP contribution in [0.5, 0.6) is 5.75 Å². The Morgan fingerprint density at radius 1 is 1.12 bits per heavy atom. The van der Waals surface area contributed by atoms with E-state index in [1.165, 1.54) is 19.1 Å². The fourth-order valence-corrected chi connectivity index (χ4v) is 2.23. The topological polar surface area (TPSA) is 46.5 Å². The van der Waals surface area contributed by atoms with E-state index in [0.29, 0.717) is 5.56 Å². The van der Waals surface area contributed by atoms with Crippen LogP contribution in [0.3, 0.4) is 0 Å². The van der Waals surface area contributed by atoms with Crippen molar-refractivity contribution >= 4 is 5.97 Å². The quantitative estimate of drug-likeness (QED) is 0.841. The Kier molecular flexibility index (Phi) is 5.49. The highest BCUT2D eigenvalue weighted by Crippen LogP contribution is 2.37. The van der Waals surface area contributed by atoms with Crippen LogP contribution in [-0.4, -0.2) is 11.1 Å². The lowest BCUT2D eigenvalue weighted by Crippen LogP contribution is -2.14. The second kappa shape index (κ2) is 7.38. The molecule has 0 aliphatic heterocycles. The van der Waals surface area contributed by atoms with Crippen LogP contribution in [0.2, 0.25) is 0 Å². The smallest absolute Gasteiger partial charge is 0.419 e. The predicted molar refractivity (Wildman–Crippen MR) is 82.7 cm³/mol. The van der Waals surface area contributed by atoms with E-state index < -0.39 is 23.6 Å². The number of hydrogen-bond acceptors (Lipinski definition) is 2. The highest BCUT2D eigenvalue weighted by molar-refractivity contribution is 5.69. The van der Waals surface area contributed by atoms with E-state index in [0.717, 1.165) is 11.6 Å². The largest absolute Gasteiger partial charge is 0.488 e. The SMILES string of the molecule is CC(Cc1ccc(OCc2ccccc2)c(C(F)(F)F)c1)C(=O)O. The zero-order valence-electron chi connectivity index (χ0n) is 13.0. The van der Waals surface area contributed by atoms with Gasteiger partial charge in [0, 0.05) is 0 Å². The molecule has 1 unspecified atom stereocenters. The number of carboxylic acids is 1. The van der Waals surface area contributed by atoms with Crippen molar-refractivity contribution in [1.82, 2.24) is 0 Å². The Morgan fingerprint density at radius 3 is 2.38 bits per heavy atom. The summed E-state index contributed by atoms with van der Waals surface area (Å²) in [4.78, 5) is 10.9. The lowest BCUT2D eigenvalue weighted by molar-refractivity contribution is -0.141. The normalized spacial score (nSPS) is 12.7. The Bertz CT molecular complexity index is 696. The minimum atomic E-state index is -4.57. The standard InChI is InChI=1S/C18H17F3O3/c1-12(17(22)23)9-14-7-8-16(15(10-14)18(19,20)21)24-11-13-5-3-2-4-6-13/h2-8,10,12H,9,11H2,1H3,(H,22,23). The maximum absolute atomic E-state index is 13.3. The van der Waals surface area contributed by atoms with Gasteiger partial charge >= 0.3 is 12.1 Å². The van der Waals surface area contributed by atoms with Crippen LogP contribution >= 0.6 is 0 Å². The van der Waals surface area contributed by atoms with Gasteiger partial charge in [-0.15, -0.1) is 0 Å². The van der Waals surface area contributed by atoms with Crippen molar-refractivity contribution in [2.24, 2.45) is 5.92 Å². The van der Waals surface area contributed by atoms with Gasteiger partial charge in [-0.05, 0) is 29.7 Å². The number of hydrogen-bond donors (Lipinski definition) is 1. The molecule has 3 nitrogen and oxygen atoms in total. The Morgan fingerprint density at radius 2 is 1.79 bits per heavy atom. The molecule has 1 atom stereocenters. The van der Waals surface area contributed by atoms with Crippen molar-refractivity contribution in [3.63, 3.8) is 0 Å². The maximum atomic E-state index is 13.3. The van der Waals surface area contributed by atoms with Crippen LogP contribution in [0.1, 0.15) is 23.6 Å². The van der Waals surface area contributed by atoms with Crippen LogP contribution in [-0.2, 0) is 24.0 Å². The number of halogens is 3. The van der Waals surface area contributed by atoms with Crippen LogP contribution in [0.25, 0.3) is 0 Å². The van der Waals surface area contributed by atoms with Gasteiger partial charge in [0.1, 0.15) is 12.4 Å². The van der Waals surface area contributed by atoms with Gasteiger partial charge in [-0.2, -0.15) is 13.2 Å². The number of aliphatic carboxylic acids is 1. The minimum Gasteiger partial charge on any atom is -0.488 e. The second-order valence-electron chi connectivity index (χ2n) is 5.55. The van der Waals surface area contributed by atoms with Crippen molar-refractivity contribution in [2.45, 2.75) is 26.1 Å². The molecule has 6 heteroatoms. The molecule has 0 aliphatic carbocycles. The van der Waals surface area contributed by atoms with Gasteiger partial charge in [0.2, 0.25) is 0 Å². The number of rotatable bonds is 6. The molecule has 2 aromatic carbocycles. The first kappa shape index (κ1) is 17.8. The first-order valence-electron chi connectivity index (χ1n) is 7.37. The Labute approximate surface area is 137 Å². The van der Waals surface area contributed by atoms with Crippen molar-refractivity contribution in [3.8, 4) is 5.75 Å². The molecule has 0 bridgehead atoms. The molecule has 0 amide bonds. The van der Waals surface area contributed by atoms with Gasteiger partial charge in [0.25, 0.3) is 0 Å². The monoisotopic (exact) mass is 338 g/mol. The summed E-state index contributed by atoms with van der Waals surface area (Å²) >= 11 is 0. The molecule has 24 heavy (non-hydrogen) atoms.